The van der Waals surface area contributed by atoms with Crippen LogP contribution in [-0.4, -0.2) is 13.0 Å². The molecule has 1 unspecified atom stereocenters. The molecule has 0 saturated carbocycles. The molecule has 156 valence electrons. The molecule has 2 aliphatic rings. The minimum atomic E-state index is -4.39. The molecule has 0 heterocycles. The van der Waals surface area contributed by atoms with Gasteiger partial charge in [0.15, 0.2) is 0 Å². The lowest BCUT2D eigenvalue weighted by Gasteiger charge is -2.34. The Morgan fingerprint density at radius 3 is 2.13 bits per heavy atom. The summed E-state index contributed by atoms with van der Waals surface area (Å²) < 4.78 is 35.8. The quantitative estimate of drug-likeness (QED) is 0.426. The van der Waals surface area contributed by atoms with Crippen LogP contribution in [0.3, 0.4) is 0 Å². The van der Waals surface area contributed by atoms with Gasteiger partial charge in [0.2, 0.25) is 0 Å². The first-order valence-electron chi connectivity index (χ1n) is 10.4. The van der Waals surface area contributed by atoms with Crippen LogP contribution < -0.4 is 10.6 Å². The van der Waals surface area contributed by atoms with E-state index in [-0.39, 0.29) is 10.6 Å². The highest BCUT2D eigenvalue weighted by Gasteiger charge is 2.35. The van der Waals surface area contributed by atoms with Gasteiger partial charge in [-0.15, -0.1) is 0 Å². The molecule has 1 N–H and O–H groups in total. The topological polar surface area (TPSA) is 54.4 Å². The van der Waals surface area contributed by atoms with E-state index in [4.69, 9.17) is 0 Å². The van der Waals surface area contributed by atoms with E-state index in [1.54, 1.807) is 0 Å². The summed E-state index contributed by atoms with van der Waals surface area (Å²) in [6, 6.07) is 22.8. The maximum absolute atomic E-state index is 12.7. The Labute approximate surface area is 184 Å². The van der Waals surface area contributed by atoms with Gasteiger partial charge in [0.05, 0.1) is 0 Å². The first-order valence-corrected chi connectivity index (χ1v) is 13.3. The second kappa shape index (κ2) is 8.20. The van der Waals surface area contributed by atoms with Gasteiger partial charge in [0.25, 0.3) is 10.1 Å². The van der Waals surface area contributed by atoms with Crippen molar-refractivity contribution in [1.82, 2.24) is 0 Å². The molecule has 0 bridgehead atoms. The summed E-state index contributed by atoms with van der Waals surface area (Å²) in [5.41, 5.74) is 3.27. The van der Waals surface area contributed by atoms with Crippen LogP contribution in [0.1, 0.15) is 40.8 Å². The Bertz CT molecular complexity index is 1240. The predicted molar refractivity (Wildman–Crippen MR) is 129 cm³/mol. The lowest BCUT2D eigenvalue weighted by Crippen LogP contribution is -2.21. The van der Waals surface area contributed by atoms with E-state index in [9.17, 15) is 13.0 Å². The normalized spacial score (nSPS) is 17.4. The van der Waals surface area contributed by atoms with Gasteiger partial charge in [0, 0.05) is 5.66 Å². The van der Waals surface area contributed by atoms with Crippen LogP contribution in [0.15, 0.2) is 83.8 Å². The van der Waals surface area contributed by atoms with Crippen molar-refractivity contribution in [1.29, 1.82) is 0 Å². The number of fused-ring (bicyclic) bond motifs is 2. The molecule has 0 spiro atoms. The van der Waals surface area contributed by atoms with Crippen molar-refractivity contribution in [2.45, 2.75) is 29.8 Å². The van der Waals surface area contributed by atoms with Gasteiger partial charge in [-0.3, -0.25) is 4.55 Å². The molecule has 0 fully saturated rings. The maximum atomic E-state index is 12.7. The standard InChI is InChI=1S/C26H23O3PS/c27-31(28,29)26-23-16-8-7-10-19(23)18-20-11-9-17-24(25(20)26)30(21-12-3-1-4-13-21)22-14-5-2-6-15-22/h1-6,8-9,11-16,18,24H,7,10,17H2,(H,27,28,29). The maximum Gasteiger partial charge on any atom is 0.295 e. The lowest BCUT2D eigenvalue weighted by atomic mass is 9.88. The van der Waals surface area contributed by atoms with Crippen molar-refractivity contribution in [3.63, 3.8) is 0 Å². The zero-order valence-electron chi connectivity index (χ0n) is 17.0. The number of hydrogen-bond acceptors (Lipinski definition) is 2. The molecule has 31 heavy (non-hydrogen) atoms. The van der Waals surface area contributed by atoms with Gasteiger partial charge in [-0.05, 0) is 60.0 Å². The minimum Gasteiger partial charge on any atom is -0.282 e. The van der Waals surface area contributed by atoms with Crippen molar-refractivity contribution in [3.05, 3.63) is 101 Å². The average molecular weight is 447 g/mol. The molecule has 0 radical (unpaired) electrons. The third-order valence-corrected chi connectivity index (χ3v) is 9.73. The number of hydrogen-bond donors (Lipinski definition) is 1. The fraction of sp³-hybridized carbons (Fsp3) is 0.154. The van der Waals surface area contributed by atoms with Crippen molar-refractivity contribution >= 4 is 40.8 Å². The van der Waals surface area contributed by atoms with Crippen molar-refractivity contribution in [2.75, 3.05) is 0 Å². The van der Waals surface area contributed by atoms with Crippen LogP contribution in [0, 0.1) is 0 Å². The van der Waals surface area contributed by atoms with E-state index in [0.29, 0.717) is 5.56 Å². The zero-order chi connectivity index (χ0) is 21.4. The third-order valence-electron chi connectivity index (χ3n) is 5.97. The van der Waals surface area contributed by atoms with E-state index in [2.05, 4.69) is 36.4 Å². The van der Waals surface area contributed by atoms with Gasteiger partial charge in [0.1, 0.15) is 4.90 Å². The number of benzene rings is 3. The number of allylic oxidation sites excluding steroid dienone is 2. The largest absolute Gasteiger partial charge is 0.295 e. The van der Waals surface area contributed by atoms with Crippen LogP contribution in [0.4, 0.5) is 0 Å². The highest BCUT2D eigenvalue weighted by atomic mass is 32.2. The van der Waals surface area contributed by atoms with Crippen molar-refractivity contribution < 1.29 is 13.0 Å². The molecule has 0 saturated heterocycles. The van der Waals surface area contributed by atoms with E-state index in [1.807, 2.05) is 54.6 Å². The zero-order valence-corrected chi connectivity index (χ0v) is 18.7. The van der Waals surface area contributed by atoms with Crippen LogP contribution >= 0.6 is 7.92 Å². The summed E-state index contributed by atoms with van der Waals surface area (Å²) in [4.78, 5) is 0.102. The van der Waals surface area contributed by atoms with Gasteiger partial charge in [-0.1, -0.05) is 91.0 Å². The second-order valence-corrected chi connectivity index (χ2v) is 11.6. The highest BCUT2D eigenvalue weighted by Crippen LogP contribution is 2.56. The molecule has 0 aromatic heterocycles. The summed E-state index contributed by atoms with van der Waals surface area (Å²) in [6.45, 7) is 0. The van der Waals surface area contributed by atoms with E-state index >= 15 is 0 Å². The Morgan fingerprint density at radius 1 is 0.871 bits per heavy atom. The number of rotatable bonds is 4. The van der Waals surface area contributed by atoms with Gasteiger partial charge in [-0.2, -0.15) is 8.42 Å². The van der Waals surface area contributed by atoms with Gasteiger partial charge in [-0.25, -0.2) is 0 Å². The monoisotopic (exact) mass is 446 g/mol. The van der Waals surface area contributed by atoms with Gasteiger partial charge >= 0.3 is 0 Å². The van der Waals surface area contributed by atoms with Gasteiger partial charge < -0.3 is 0 Å². The van der Waals surface area contributed by atoms with Crippen LogP contribution in [-0.2, 0) is 16.5 Å². The Balaban J connectivity index is 1.80. The molecule has 0 aliphatic heterocycles. The Kier molecular flexibility index (Phi) is 5.39. The SMILES string of the molecule is O=S(=O)(O)c1c2c(cc3c1C(P(c1ccccc1)c1ccccc1)CC=C3)CCC=C2. The third kappa shape index (κ3) is 3.80. The molecular formula is C26H23O3PS. The Hall–Kier alpha value is -2.52. The van der Waals surface area contributed by atoms with Crippen LogP contribution in [0.5, 0.6) is 0 Å². The fourth-order valence-corrected chi connectivity index (χ4v) is 8.69. The summed E-state index contributed by atoms with van der Waals surface area (Å²) in [5.74, 6) is 0. The summed E-state index contributed by atoms with van der Waals surface area (Å²) in [5, 5.41) is 2.40. The molecular weight excluding hydrogens is 423 g/mol. The molecule has 2 aliphatic carbocycles. The van der Waals surface area contributed by atoms with Crippen molar-refractivity contribution in [3.8, 4) is 0 Å². The summed E-state index contributed by atoms with van der Waals surface area (Å²) in [6.07, 6.45) is 10.4. The van der Waals surface area contributed by atoms with Crippen molar-refractivity contribution in [2.24, 2.45) is 0 Å². The molecule has 5 rings (SSSR count). The average Bonchev–Trinajstić information content (AvgIpc) is 2.78. The fourth-order valence-electron chi connectivity index (χ4n) is 4.72. The van der Waals surface area contributed by atoms with Crippen LogP contribution in [0.25, 0.3) is 12.2 Å². The molecule has 3 aromatic rings. The highest BCUT2D eigenvalue weighted by molar-refractivity contribution is 7.86. The molecule has 5 heteroatoms. The van der Waals surface area contributed by atoms with E-state index in [1.165, 1.54) is 10.6 Å². The first-order chi connectivity index (χ1) is 15.0. The summed E-state index contributed by atoms with van der Waals surface area (Å²) >= 11 is 0. The predicted octanol–water partition coefficient (Wildman–Crippen LogP) is 5.48. The van der Waals surface area contributed by atoms with E-state index in [0.717, 1.165) is 36.0 Å². The minimum absolute atomic E-state index is 0.0441. The molecule has 1 atom stereocenters. The lowest BCUT2D eigenvalue weighted by molar-refractivity contribution is 0.481. The summed E-state index contributed by atoms with van der Waals surface area (Å²) in [7, 11) is -5.27. The molecule has 3 aromatic carbocycles. The molecule has 0 amide bonds. The molecule has 3 nitrogen and oxygen atoms in total. The smallest absolute Gasteiger partial charge is 0.282 e. The van der Waals surface area contributed by atoms with E-state index < -0.39 is 18.0 Å². The second-order valence-electron chi connectivity index (χ2n) is 7.89. The Morgan fingerprint density at radius 2 is 1.52 bits per heavy atom. The number of aryl methyl sites for hydroxylation is 1. The van der Waals surface area contributed by atoms with Crippen LogP contribution in [0.2, 0.25) is 0 Å². The first kappa shape index (κ1) is 20.4.